The van der Waals surface area contributed by atoms with Crippen LogP contribution in [0.15, 0.2) is 24.3 Å². The molecule has 0 aliphatic carbocycles. The first kappa shape index (κ1) is 14.9. The number of benzene rings is 1. The lowest BCUT2D eigenvalue weighted by Gasteiger charge is -2.28. The molecule has 5 nitrogen and oxygen atoms in total. The first-order valence-electron chi connectivity index (χ1n) is 7.38. The summed E-state index contributed by atoms with van der Waals surface area (Å²) < 4.78 is 1.97. The second kappa shape index (κ2) is 6.01. The number of rotatable bonds is 3. The predicted molar refractivity (Wildman–Crippen MR) is 88.6 cm³/mol. The number of fused-ring (bicyclic) bond motifs is 1. The normalized spacial score (nSPS) is 13.9. The molecule has 1 aliphatic rings. The third-order valence-corrected chi connectivity index (χ3v) is 4.20. The largest absolute Gasteiger partial charge is 0.347 e. The van der Waals surface area contributed by atoms with Crippen molar-refractivity contribution in [3.8, 4) is 0 Å². The molecule has 0 spiro atoms. The van der Waals surface area contributed by atoms with Crippen molar-refractivity contribution in [3.63, 3.8) is 0 Å². The van der Waals surface area contributed by atoms with Gasteiger partial charge >= 0.3 is 0 Å². The maximum atomic E-state index is 12.3. The van der Waals surface area contributed by atoms with Crippen molar-refractivity contribution in [2.24, 2.45) is 0 Å². The number of aryl methyl sites for hydroxylation is 3. The summed E-state index contributed by atoms with van der Waals surface area (Å²) in [5.74, 6) is 0.966. The summed E-state index contributed by atoms with van der Waals surface area (Å²) in [6, 6.07) is 7.57. The van der Waals surface area contributed by atoms with E-state index >= 15 is 0 Å². The van der Waals surface area contributed by atoms with Crippen LogP contribution in [0.3, 0.4) is 0 Å². The fraction of sp³-hybridized carbons (Fsp3) is 0.375. The first-order chi connectivity index (χ1) is 10.5. The Morgan fingerprint density at radius 2 is 2.14 bits per heavy atom. The number of carbonyl (C=O) groups excluding carboxylic acids is 1. The molecule has 1 N–H and O–H groups in total. The van der Waals surface area contributed by atoms with Gasteiger partial charge in [-0.1, -0.05) is 17.7 Å². The van der Waals surface area contributed by atoms with Gasteiger partial charge in [0.1, 0.15) is 5.82 Å². The molecule has 0 saturated heterocycles. The Morgan fingerprint density at radius 3 is 2.91 bits per heavy atom. The molecule has 1 aromatic carbocycles. The number of nitrogens with zero attached hydrogens (tertiary/aromatic N) is 3. The lowest BCUT2D eigenvalue weighted by molar-refractivity contribution is -0.115. The molecule has 1 aliphatic heterocycles. The van der Waals surface area contributed by atoms with Crippen LogP contribution in [0, 0.1) is 13.8 Å². The SMILES string of the molecule is Cc1cc2n(n1)CCCN2CC(=O)Nc1ccc(C)c(Cl)c1. The molecule has 0 fully saturated rings. The Morgan fingerprint density at radius 1 is 1.32 bits per heavy atom. The third-order valence-electron chi connectivity index (χ3n) is 3.79. The van der Waals surface area contributed by atoms with E-state index in [1.165, 1.54) is 0 Å². The molecular weight excluding hydrogens is 300 g/mol. The minimum atomic E-state index is -0.0489. The minimum Gasteiger partial charge on any atom is -0.347 e. The van der Waals surface area contributed by atoms with Crippen molar-refractivity contribution >= 4 is 29.0 Å². The zero-order chi connectivity index (χ0) is 15.7. The number of nitrogens with one attached hydrogen (secondary N) is 1. The number of anilines is 2. The summed E-state index contributed by atoms with van der Waals surface area (Å²) in [4.78, 5) is 14.3. The van der Waals surface area contributed by atoms with E-state index in [0.717, 1.165) is 42.3 Å². The van der Waals surface area contributed by atoms with Crippen molar-refractivity contribution in [2.75, 3.05) is 23.3 Å². The summed E-state index contributed by atoms with van der Waals surface area (Å²) in [6.45, 7) is 6.00. The van der Waals surface area contributed by atoms with Crippen LogP contribution in [0.4, 0.5) is 11.5 Å². The van der Waals surface area contributed by atoms with E-state index in [2.05, 4.69) is 15.3 Å². The molecule has 2 aromatic rings. The zero-order valence-corrected chi connectivity index (χ0v) is 13.5. The number of hydrogen-bond acceptors (Lipinski definition) is 3. The molecule has 2 heterocycles. The average molecular weight is 319 g/mol. The maximum absolute atomic E-state index is 12.3. The van der Waals surface area contributed by atoms with Crippen LogP contribution in [-0.4, -0.2) is 28.8 Å². The average Bonchev–Trinajstić information content (AvgIpc) is 2.84. The van der Waals surface area contributed by atoms with Crippen LogP contribution in [0.5, 0.6) is 0 Å². The fourth-order valence-corrected chi connectivity index (χ4v) is 2.86. The summed E-state index contributed by atoms with van der Waals surface area (Å²) in [5.41, 5.74) is 2.70. The summed E-state index contributed by atoms with van der Waals surface area (Å²) in [5, 5.41) is 8.00. The molecule has 0 bridgehead atoms. The van der Waals surface area contributed by atoms with Gasteiger partial charge in [-0.05, 0) is 38.0 Å². The molecule has 1 amide bonds. The minimum absolute atomic E-state index is 0.0489. The molecule has 1 aromatic heterocycles. The van der Waals surface area contributed by atoms with Crippen LogP contribution < -0.4 is 10.2 Å². The summed E-state index contributed by atoms with van der Waals surface area (Å²) >= 11 is 6.09. The van der Waals surface area contributed by atoms with Crippen LogP contribution in [-0.2, 0) is 11.3 Å². The summed E-state index contributed by atoms with van der Waals surface area (Å²) in [6.07, 6.45) is 0.998. The molecule has 22 heavy (non-hydrogen) atoms. The van der Waals surface area contributed by atoms with Gasteiger partial charge in [-0.25, -0.2) is 4.68 Å². The van der Waals surface area contributed by atoms with E-state index in [1.807, 2.05) is 36.7 Å². The highest BCUT2D eigenvalue weighted by Gasteiger charge is 2.20. The topological polar surface area (TPSA) is 50.2 Å². The summed E-state index contributed by atoms with van der Waals surface area (Å²) in [7, 11) is 0. The third kappa shape index (κ3) is 3.09. The smallest absolute Gasteiger partial charge is 0.243 e. The van der Waals surface area contributed by atoms with Crippen LogP contribution in [0.2, 0.25) is 5.02 Å². The van der Waals surface area contributed by atoms with Gasteiger partial charge in [0.25, 0.3) is 0 Å². The van der Waals surface area contributed by atoms with Gasteiger partial charge in [0.15, 0.2) is 0 Å². The van der Waals surface area contributed by atoms with Gasteiger partial charge in [-0.3, -0.25) is 4.79 Å². The Hall–Kier alpha value is -2.01. The van der Waals surface area contributed by atoms with Gasteiger partial charge < -0.3 is 10.2 Å². The van der Waals surface area contributed by atoms with Crippen molar-refractivity contribution in [3.05, 3.63) is 40.5 Å². The van der Waals surface area contributed by atoms with E-state index in [-0.39, 0.29) is 5.91 Å². The van der Waals surface area contributed by atoms with E-state index < -0.39 is 0 Å². The van der Waals surface area contributed by atoms with Gasteiger partial charge in [0.2, 0.25) is 5.91 Å². The van der Waals surface area contributed by atoms with Crippen molar-refractivity contribution in [1.82, 2.24) is 9.78 Å². The first-order valence-corrected chi connectivity index (χ1v) is 7.76. The fourth-order valence-electron chi connectivity index (χ4n) is 2.68. The molecular formula is C16H19ClN4O. The molecule has 116 valence electrons. The highest BCUT2D eigenvalue weighted by Crippen LogP contribution is 2.22. The van der Waals surface area contributed by atoms with Crippen LogP contribution >= 0.6 is 11.6 Å². The van der Waals surface area contributed by atoms with E-state index in [9.17, 15) is 4.79 Å². The quantitative estimate of drug-likeness (QED) is 0.946. The van der Waals surface area contributed by atoms with Crippen LogP contribution in [0.25, 0.3) is 0 Å². The van der Waals surface area contributed by atoms with E-state index in [4.69, 9.17) is 11.6 Å². The molecule has 3 rings (SSSR count). The Balaban J connectivity index is 1.68. The molecule has 0 unspecified atom stereocenters. The monoisotopic (exact) mass is 318 g/mol. The predicted octanol–water partition coefficient (Wildman–Crippen LogP) is 3.00. The molecule has 0 atom stereocenters. The zero-order valence-electron chi connectivity index (χ0n) is 12.8. The maximum Gasteiger partial charge on any atom is 0.243 e. The van der Waals surface area contributed by atoms with Crippen molar-refractivity contribution < 1.29 is 4.79 Å². The number of hydrogen-bond donors (Lipinski definition) is 1. The number of amides is 1. The van der Waals surface area contributed by atoms with E-state index in [1.54, 1.807) is 6.07 Å². The Kier molecular flexibility index (Phi) is 4.07. The van der Waals surface area contributed by atoms with E-state index in [0.29, 0.717) is 11.6 Å². The van der Waals surface area contributed by atoms with Crippen molar-refractivity contribution in [2.45, 2.75) is 26.8 Å². The number of halogens is 1. The highest BCUT2D eigenvalue weighted by molar-refractivity contribution is 6.31. The highest BCUT2D eigenvalue weighted by atomic mass is 35.5. The van der Waals surface area contributed by atoms with Gasteiger partial charge in [-0.2, -0.15) is 5.10 Å². The standard InChI is InChI=1S/C16H19ClN4O/c1-11-4-5-13(9-14(11)17)18-15(22)10-20-6-3-7-21-16(20)8-12(2)19-21/h4-5,8-9H,3,6-7,10H2,1-2H3,(H,18,22). The van der Waals surface area contributed by atoms with Gasteiger partial charge in [0, 0.05) is 29.9 Å². The van der Waals surface area contributed by atoms with Gasteiger partial charge in [0.05, 0.1) is 12.2 Å². The molecule has 6 heteroatoms. The van der Waals surface area contributed by atoms with Gasteiger partial charge in [-0.15, -0.1) is 0 Å². The number of aromatic nitrogens is 2. The Bertz CT molecular complexity index is 710. The second-order valence-electron chi connectivity index (χ2n) is 5.65. The lowest BCUT2D eigenvalue weighted by atomic mass is 10.2. The Labute approximate surface area is 134 Å². The van der Waals surface area contributed by atoms with Crippen molar-refractivity contribution in [1.29, 1.82) is 0 Å². The lowest BCUT2D eigenvalue weighted by Crippen LogP contribution is -2.38. The number of carbonyl (C=O) groups is 1. The molecule has 0 radical (unpaired) electrons. The second-order valence-corrected chi connectivity index (χ2v) is 6.06. The van der Waals surface area contributed by atoms with Crippen LogP contribution in [0.1, 0.15) is 17.7 Å². The molecule has 0 saturated carbocycles.